The zero-order chi connectivity index (χ0) is 20.3. The quantitative estimate of drug-likeness (QED) is 0.711. The molecule has 2 amide bonds. The molecule has 2 heterocycles. The number of ether oxygens (including phenoxy) is 2. The molecule has 0 bridgehead atoms. The Balaban J connectivity index is 1.72. The predicted octanol–water partition coefficient (Wildman–Crippen LogP) is 2.73. The lowest BCUT2D eigenvalue weighted by atomic mass is 10.1. The van der Waals surface area contributed by atoms with Crippen molar-refractivity contribution in [2.24, 2.45) is 5.92 Å². The van der Waals surface area contributed by atoms with Crippen LogP contribution in [0.1, 0.15) is 24.0 Å². The highest BCUT2D eigenvalue weighted by atomic mass is 32.1. The van der Waals surface area contributed by atoms with Crippen molar-refractivity contribution >= 4 is 28.8 Å². The zero-order valence-corrected chi connectivity index (χ0v) is 17.4. The number of rotatable bonds is 7. The van der Waals surface area contributed by atoms with Gasteiger partial charge in [-0.1, -0.05) is 6.92 Å². The topological polar surface area (TPSA) is 72.0 Å². The van der Waals surface area contributed by atoms with Crippen molar-refractivity contribution in [1.82, 2.24) is 9.88 Å². The van der Waals surface area contributed by atoms with Crippen LogP contribution in [0, 0.1) is 5.92 Å². The number of hydrogen-bond acceptors (Lipinski definition) is 6. The Morgan fingerprint density at radius 3 is 2.79 bits per heavy atom. The third-order valence-corrected chi connectivity index (χ3v) is 5.87. The zero-order valence-electron chi connectivity index (χ0n) is 16.6. The molecule has 8 heteroatoms. The van der Waals surface area contributed by atoms with E-state index in [2.05, 4.69) is 11.9 Å². The average Bonchev–Trinajstić information content (AvgIpc) is 3.32. The molecule has 1 atom stereocenters. The molecule has 150 valence electrons. The van der Waals surface area contributed by atoms with Crippen LogP contribution in [0.5, 0.6) is 11.5 Å². The number of methoxy groups -OCH3 is 2. The highest BCUT2D eigenvalue weighted by Gasteiger charge is 2.37. The van der Waals surface area contributed by atoms with Gasteiger partial charge in [-0.05, 0) is 18.6 Å². The van der Waals surface area contributed by atoms with Gasteiger partial charge >= 0.3 is 0 Å². The van der Waals surface area contributed by atoms with Crippen LogP contribution in [0.25, 0.3) is 0 Å². The molecule has 3 rings (SSSR count). The number of aryl methyl sites for hydroxylation is 1. The molecule has 1 aliphatic heterocycles. The first kappa shape index (κ1) is 20.1. The fourth-order valence-corrected chi connectivity index (χ4v) is 4.07. The maximum absolute atomic E-state index is 12.9. The minimum absolute atomic E-state index is 0.0521. The van der Waals surface area contributed by atoms with Crippen LogP contribution in [0.3, 0.4) is 0 Å². The number of benzene rings is 1. The van der Waals surface area contributed by atoms with Crippen LogP contribution in [0.4, 0.5) is 5.69 Å². The Morgan fingerprint density at radius 2 is 2.14 bits per heavy atom. The maximum Gasteiger partial charge on any atom is 0.228 e. The average molecular weight is 404 g/mol. The smallest absolute Gasteiger partial charge is 0.228 e. The first-order chi connectivity index (χ1) is 13.5. The van der Waals surface area contributed by atoms with Gasteiger partial charge in [-0.15, -0.1) is 11.3 Å². The molecule has 0 saturated carbocycles. The van der Waals surface area contributed by atoms with Gasteiger partial charge in [0.05, 0.1) is 43.1 Å². The number of thiazole rings is 1. The summed E-state index contributed by atoms with van der Waals surface area (Å²) >= 11 is 1.60. The van der Waals surface area contributed by atoms with E-state index in [-0.39, 0.29) is 18.2 Å². The first-order valence-electron chi connectivity index (χ1n) is 9.17. The highest BCUT2D eigenvalue weighted by Crippen LogP contribution is 2.36. The van der Waals surface area contributed by atoms with Crippen LogP contribution >= 0.6 is 11.3 Å². The van der Waals surface area contributed by atoms with Crippen LogP contribution in [0.15, 0.2) is 23.6 Å². The monoisotopic (exact) mass is 403 g/mol. The van der Waals surface area contributed by atoms with Gasteiger partial charge in [-0.2, -0.15) is 0 Å². The van der Waals surface area contributed by atoms with E-state index < -0.39 is 5.92 Å². The van der Waals surface area contributed by atoms with Crippen LogP contribution in [0.2, 0.25) is 0 Å². The molecule has 0 aliphatic carbocycles. The Hall–Kier alpha value is -2.61. The molecule has 1 aliphatic rings. The van der Waals surface area contributed by atoms with Crippen molar-refractivity contribution in [3.8, 4) is 11.5 Å². The molecule has 7 nitrogen and oxygen atoms in total. The van der Waals surface area contributed by atoms with Gasteiger partial charge in [0.15, 0.2) is 0 Å². The first-order valence-corrected chi connectivity index (χ1v) is 10.0. The van der Waals surface area contributed by atoms with E-state index in [1.165, 1.54) is 0 Å². The molecule has 1 fully saturated rings. The van der Waals surface area contributed by atoms with Gasteiger partial charge < -0.3 is 19.3 Å². The van der Waals surface area contributed by atoms with Gasteiger partial charge in [0.25, 0.3) is 0 Å². The standard InChI is InChI=1S/C20H25N3O4S/c1-5-18-21-14(12-28-18)11-22(2)20(25)13-8-19(24)23(10-13)16-9-15(26-3)6-7-17(16)27-4/h6-7,9,12-13H,5,8,10-11H2,1-4H3. The lowest BCUT2D eigenvalue weighted by Crippen LogP contribution is -2.34. The molecule has 1 saturated heterocycles. The molecule has 28 heavy (non-hydrogen) atoms. The van der Waals surface area contributed by atoms with E-state index >= 15 is 0 Å². The second-order valence-electron chi connectivity index (χ2n) is 6.72. The molecule has 0 spiro atoms. The van der Waals surface area contributed by atoms with Gasteiger partial charge in [-0.3, -0.25) is 9.59 Å². The second kappa shape index (κ2) is 8.60. The summed E-state index contributed by atoms with van der Waals surface area (Å²) in [5, 5.41) is 3.04. The van der Waals surface area contributed by atoms with E-state index in [1.807, 2.05) is 5.38 Å². The molecular formula is C20H25N3O4S. The van der Waals surface area contributed by atoms with Crippen molar-refractivity contribution in [3.63, 3.8) is 0 Å². The number of aromatic nitrogens is 1. The van der Waals surface area contributed by atoms with Gasteiger partial charge in [0.1, 0.15) is 11.5 Å². The number of carbonyl (C=O) groups is 2. The Labute approximate surface area is 168 Å². The van der Waals surface area contributed by atoms with Crippen LogP contribution < -0.4 is 14.4 Å². The minimum atomic E-state index is -0.391. The molecule has 1 unspecified atom stereocenters. The van der Waals surface area contributed by atoms with E-state index in [4.69, 9.17) is 9.47 Å². The van der Waals surface area contributed by atoms with Gasteiger partial charge in [0, 0.05) is 31.5 Å². The van der Waals surface area contributed by atoms with Crippen molar-refractivity contribution < 1.29 is 19.1 Å². The van der Waals surface area contributed by atoms with E-state index in [1.54, 1.807) is 60.6 Å². The second-order valence-corrected chi connectivity index (χ2v) is 7.67. The van der Waals surface area contributed by atoms with Crippen LogP contribution in [-0.2, 0) is 22.6 Å². The lowest BCUT2D eigenvalue weighted by Gasteiger charge is -2.22. The number of anilines is 1. The normalized spacial score (nSPS) is 16.4. The fraction of sp³-hybridized carbons (Fsp3) is 0.450. The van der Waals surface area contributed by atoms with Crippen molar-refractivity contribution in [2.45, 2.75) is 26.3 Å². The Morgan fingerprint density at radius 1 is 1.36 bits per heavy atom. The molecule has 1 aromatic heterocycles. The number of hydrogen-bond donors (Lipinski definition) is 0. The van der Waals surface area contributed by atoms with Crippen molar-refractivity contribution in [3.05, 3.63) is 34.3 Å². The molecule has 0 radical (unpaired) electrons. The fourth-order valence-electron chi connectivity index (χ4n) is 3.33. The number of carbonyl (C=O) groups excluding carboxylic acids is 2. The molecular weight excluding hydrogens is 378 g/mol. The predicted molar refractivity (Wildman–Crippen MR) is 108 cm³/mol. The summed E-state index contributed by atoms with van der Waals surface area (Å²) in [7, 11) is 4.88. The number of nitrogens with zero attached hydrogens (tertiary/aromatic N) is 3. The van der Waals surface area contributed by atoms with Gasteiger partial charge in [0.2, 0.25) is 11.8 Å². The molecule has 2 aromatic rings. The summed E-state index contributed by atoms with van der Waals surface area (Å²) in [5.41, 5.74) is 1.50. The maximum atomic E-state index is 12.9. The largest absolute Gasteiger partial charge is 0.497 e. The highest BCUT2D eigenvalue weighted by molar-refractivity contribution is 7.09. The minimum Gasteiger partial charge on any atom is -0.497 e. The Kier molecular flexibility index (Phi) is 6.18. The van der Waals surface area contributed by atoms with E-state index in [0.717, 1.165) is 17.1 Å². The van der Waals surface area contributed by atoms with E-state index in [0.29, 0.717) is 30.3 Å². The van der Waals surface area contributed by atoms with Gasteiger partial charge in [-0.25, -0.2) is 4.98 Å². The summed E-state index contributed by atoms with van der Waals surface area (Å²) in [5.74, 6) is 0.664. The summed E-state index contributed by atoms with van der Waals surface area (Å²) in [6.07, 6.45) is 1.07. The lowest BCUT2D eigenvalue weighted by molar-refractivity contribution is -0.135. The third kappa shape index (κ3) is 4.11. The summed E-state index contributed by atoms with van der Waals surface area (Å²) in [6, 6.07) is 5.29. The summed E-state index contributed by atoms with van der Waals surface area (Å²) in [4.78, 5) is 33.3. The van der Waals surface area contributed by atoms with Crippen LogP contribution in [-0.4, -0.2) is 49.5 Å². The summed E-state index contributed by atoms with van der Waals surface area (Å²) < 4.78 is 10.7. The van der Waals surface area contributed by atoms with Crippen molar-refractivity contribution in [2.75, 3.05) is 32.7 Å². The third-order valence-electron chi connectivity index (χ3n) is 4.83. The Bertz CT molecular complexity index is 867. The van der Waals surface area contributed by atoms with E-state index in [9.17, 15) is 9.59 Å². The SMILES string of the molecule is CCc1nc(CN(C)C(=O)C2CC(=O)N(c3cc(OC)ccc3OC)C2)cs1. The molecule has 1 aromatic carbocycles. The van der Waals surface area contributed by atoms with Crippen molar-refractivity contribution in [1.29, 1.82) is 0 Å². The molecule has 0 N–H and O–H groups in total. The number of amides is 2. The summed E-state index contributed by atoms with van der Waals surface area (Å²) in [6.45, 7) is 2.83.